The van der Waals surface area contributed by atoms with Crippen LogP contribution in [-0.2, 0) is 4.79 Å². The number of nitrogens with two attached hydrogens (primary N) is 1. The third-order valence-electron chi connectivity index (χ3n) is 3.45. The molecule has 0 spiro atoms. The summed E-state index contributed by atoms with van der Waals surface area (Å²) in [5.74, 6) is 7.25. The van der Waals surface area contributed by atoms with Crippen LogP contribution in [-0.4, -0.2) is 26.5 Å². The van der Waals surface area contributed by atoms with Crippen molar-refractivity contribution in [2.24, 2.45) is 0 Å². The predicted octanol–water partition coefficient (Wildman–Crippen LogP) is 2.87. The number of hydrogen-bond donors (Lipinski definition) is 2. The number of carbonyl (C=O) groups excluding carboxylic acids is 1. The SMILES string of the molecule is C[C@@H](NC(=O)CSc1nnc(-c2ccc(Cl)cc2)n1N)c1ccco1. The Labute approximate surface area is 153 Å². The number of nitrogens with one attached hydrogen (secondary N) is 1. The third kappa shape index (κ3) is 4.15. The number of furan rings is 1. The molecule has 0 aliphatic heterocycles. The zero-order valence-electron chi connectivity index (χ0n) is 13.3. The molecule has 3 aromatic rings. The van der Waals surface area contributed by atoms with Gasteiger partial charge >= 0.3 is 0 Å². The summed E-state index contributed by atoms with van der Waals surface area (Å²) in [6, 6.07) is 10.5. The van der Waals surface area contributed by atoms with E-state index in [2.05, 4.69) is 15.5 Å². The lowest BCUT2D eigenvalue weighted by molar-refractivity contribution is -0.119. The maximum atomic E-state index is 12.1. The average Bonchev–Trinajstić information content (AvgIpc) is 3.24. The summed E-state index contributed by atoms with van der Waals surface area (Å²) in [4.78, 5) is 12.1. The van der Waals surface area contributed by atoms with E-state index in [1.54, 1.807) is 24.5 Å². The zero-order chi connectivity index (χ0) is 17.8. The van der Waals surface area contributed by atoms with Gasteiger partial charge in [0, 0.05) is 10.6 Å². The Hall–Kier alpha value is -2.45. The van der Waals surface area contributed by atoms with E-state index in [0.717, 1.165) is 5.56 Å². The Morgan fingerprint density at radius 1 is 1.36 bits per heavy atom. The summed E-state index contributed by atoms with van der Waals surface area (Å²) < 4.78 is 6.62. The van der Waals surface area contributed by atoms with Gasteiger partial charge in [-0.05, 0) is 43.3 Å². The first-order valence-corrected chi connectivity index (χ1v) is 8.83. The molecule has 0 unspecified atom stereocenters. The van der Waals surface area contributed by atoms with Gasteiger partial charge in [0.25, 0.3) is 0 Å². The minimum atomic E-state index is -0.205. The van der Waals surface area contributed by atoms with Crippen molar-refractivity contribution in [3.63, 3.8) is 0 Å². The molecule has 0 saturated carbocycles. The lowest BCUT2D eigenvalue weighted by Gasteiger charge is -2.10. The lowest BCUT2D eigenvalue weighted by atomic mass is 10.2. The summed E-state index contributed by atoms with van der Waals surface area (Å²) in [5, 5.41) is 12.0. The highest BCUT2D eigenvalue weighted by atomic mass is 35.5. The zero-order valence-corrected chi connectivity index (χ0v) is 14.9. The Balaban J connectivity index is 1.60. The first-order valence-electron chi connectivity index (χ1n) is 7.46. The number of nitrogen functional groups attached to an aromatic ring is 1. The molecule has 2 heterocycles. The first kappa shape index (κ1) is 17.4. The Kier molecular flexibility index (Phi) is 5.30. The summed E-state index contributed by atoms with van der Waals surface area (Å²) in [6.45, 7) is 1.85. The second-order valence-corrected chi connectivity index (χ2v) is 6.66. The molecule has 25 heavy (non-hydrogen) atoms. The van der Waals surface area contributed by atoms with Crippen LogP contribution in [0.5, 0.6) is 0 Å². The summed E-state index contributed by atoms with van der Waals surface area (Å²) in [7, 11) is 0. The fourth-order valence-corrected chi connectivity index (χ4v) is 2.99. The number of benzene rings is 1. The van der Waals surface area contributed by atoms with Crippen LogP contribution in [0.2, 0.25) is 5.02 Å². The third-order valence-corrected chi connectivity index (χ3v) is 4.64. The normalized spacial score (nSPS) is 12.1. The van der Waals surface area contributed by atoms with Gasteiger partial charge in [-0.3, -0.25) is 4.79 Å². The smallest absolute Gasteiger partial charge is 0.231 e. The molecule has 3 rings (SSSR count). The van der Waals surface area contributed by atoms with E-state index in [-0.39, 0.29) is 17.7 Å². The molecular weight excluding hydrogens is 362 g/mol. The quantitative estimate of drug-likeness (QED) is 0.506. The van der Waals surface area contributed by atoms with Crippen molar-refractivity contribution < 1.29 is 9.21 Å². The van der Waals surface area contributed by atoms with Crippen LogP contribution in [0.15, 0.2) is 52.2 Å². The molecule has 0 aliphatic rings. The molecule has 2 aromatic heterocycles. The van der Waals surface area contributed by atoms with E-state index < -0.39 is 0 Å². The fourth-order valence-electron chi connectivity index (χ4n) is 2.19. The number of hydrogen-bond acceptors (Lipinski definition) is 6. The highest BCUT2D eigenvalue weighted by molar-refractivity contribution is 7.99. The van der Waals surface area contributed by atoms with E-state index in [9.17, 15) is 4.79 Å². The van der Waals surface area contributed by atoms with Crippen LogP contribution in [0, 0.1) is 0 Å². The number of rotatable bonds is 6. The number of amides is 1. The monoisotopic (exact) mass is 377 g/mol. The number of nitrogens with zero attached hydrogens (tertiary/aromatic N) is 3. The molecule has 0 bridgehead atoms. The fraction of sp³-hybridized carbons (Fsp3) is 0.188. The highest BCUT2D eigenvalue weighted by Gasteiger charge is 2.16. The minimum absolute atomic E-state index is 0.148. The molecule has 1 amide bonds. The number of aromatic nitrogens is 3. The maximum absolute atomic E-state index is 12.1. The Morgan fingerprint density at radius 2 is 2.12 bits per heavy atom. The van der Waals surface area contributed by atoms with Crippen LogP contribution in [0.25, 0.3) is 11.4 Å². The topological polar surface area (TPSA) is 99.0 Å². The summed E-state index contributed by atoms with van der Waals surface area (Å²) >= 11 is 7.09. The first-order chi connectivity index (χ1) is 12.0. The number of thioether (sulfide) groups is 1. The van der Waals surface area contributed by atoms with Gasteiger partial charge in [-0.1, -0.05) is 23.4 Å². The molecule has 0 radical (unpaired) electrons. The van der Waals surface area contributed by atoms with Crippen molar-refractivity contribution in [2.75, 3.05) is 11.6 Å². The second-order valence-electron chi connectivity index (χ2n) is 5.28. The lowest BCUT2D eigenvalue weighted by Crippen LogP contribution is -2.28. The Bertz CT molecular complexity index is 848. The van der Waals surface area contributed by atoms with Gasteiger partial charge in [-0.2, -0.15) is 0 Å². The van der Waals surface area contributed by atoms with Crippen LogP contribution < -0.4 is 11.2 Å². The molecule has 7 nitrogen and oxygen atoms in total. The van der Waals surface area contributed by atoms with Crippen LogP contribution >= 0.6 is 23.4 Å². The van der Waals surface area contributed by atoms with E-state index >= 15 is 0 Å². The van der Waals surface area contributed by atoms with E-state index in [1.807, 2.05) is 25.1 Å². The highest BCUT2D eigenvalue weighted by Crippen LogP contribution is 2.23. The van der Waals surface area contributed by atoms with Crippen molar-refractivity contribution >= 4 is 29.3 Å². The molecular formula is C16H16ClN5O2S. The summed E-state index contributed by atoms with van der Waals surface area (Å²) in [5.41, 5.74) is 0.794. The van der Waals surface area contributed by atoms with Gasteiger partial charge in [0.05, 0.1) is 18.1 Å². The van der Waals surface area contributed by atoms with Gasteiger partial charge < -0.3 is 15.6 Å². The molecule has 3 N–H and O–H groups in total. The molecule has 0 fully saturated rings. The van der Waals surface area contributed by atoms with Crippen molar-refractivity contribution in [3.05, 3.63) is 53.4 Å². The van der Waals surface area contributed by atoms with Gasteiger partial charge in [0.1, 0.15) is 5.76 Å². The minimum Gasteiger partial charge on any atom is -0.467 e. The molecule has 9 heteroatoms. The van der Waals surface area contributed by atoms with Gasteiger partial charge in [0.15, 0.2) is 5.82 Å². The largest absolute Gasteiger partial charge is 0.467 e. The van der Waals surface area contributed by atoms with Gasteiger partial charge in [-0.25, -0.2) is 4.68 Å². The molecule has 0 aliphatic carbocycles. The van der Waals surface area contributed by atoms with Gasteiger partial charge in [-0.15, -0.1) is 10.2 Å². The maximum Gasteiger partial charge on any atom is 0.231 e. The molecule has 130 valence electrons. The van der Waals surface area contributed by atoms with Crippen molar-refractivity contribution in [1.82, 2.24) is 20.2 Å². The van der Waals surface area contributed by atoms with E-state index in [1.165, 1.54) is 16.4 Å². The predicted molar refractivity (Wildman–Crippen MR) is 96.6 cm³/mol. The van der Waals surface area contributed by atoms with Crippen LogP contribution in [0.1, 0.15) is 18.7 Å². The number of carbonyl (C=O) groups is 1. The van der Waals surface area contributed by atoms with Crippen molar-refractivity contribution in [3.8, 4) is 11.4 Å². The van der Waals surface area contributed by atoms with Crippen molar-refractivity contribution in [1.29, 1.82) is 0 Å². The van der Waals surface area contributed by atoms with Gasteiger partial charge in [0.2, 0.25) is 11.1 Å². The summed E-state index contributed by atoms with van der Waals surface area (Å²) in [6.07, 6.45) is 1.57. The van der Waals surface area contributed by atoms with Crippen LogP contribution in [0.4, 0.5) is 0 Å². The Morgan fingerprint density at radius 3 is 2.80 bits per heavy atom. The van der Waals surface area contributed by atoms with E-state index in [4.69, 9.17) is 21.9 Å². The van der Waals surface area contributed by atoms with E-state index in [0.29, 0.717) is 21.8 Å². The second kappa shape index (κ2) is 7.62. The van der Waals surface area contributed by atoms with Crippen LogP contribution in [0.3, 0.4) is 0 Å². The molecule has 1 aromatic carbocycles. The number of halogens is 1. The molecule has 1 atom stereocenters. The standard InChI is InChI=1S/C16H16ClN5O2S/c1-10(13-3-2-8-24-13)19-14(23)9-25-16-21-20-15(22(16)18)11-4-6-12(17)7-5-11/h2-8,10H,9,18H2,1H3,(H,19,23)/t10-/m1/s1. The van der Waals surface area contributed by atoms with Crippen molar-refractivity contribution in [2.45, 2.75) is 18.1 Å². The molecule has 0 saturated heterocycles. The average molecular weight is 378 g/mol.